The Bertz CT molecular complexity index is 867. The van der Waals surface area contributed by atoms with Crippen LogP contribution in [0.5, 0.6) is 5.75 Å². The van der Waals surface area contributed by atoms with Crippen molar-refractivity contribution < 1.29 is 14.3 Å². The van der Waals surface area contributed by atoms with Crippen molar-refractivity contribution in [2.75, 3.05) is 39.2 Å². The molecule has 5 nitrogen and oxygen atoms in total. The van der Waals surface area contributed by atoms with E-state index in [0.29, 0.717) is 6.54 Å². The van der Waals surface area contributed by atoms with Crippen LogP contribution in [0.4, 0.5) is 5.69 Å². The Kier molecular flexibility index (Phi) is 6.98. The lowest BCUT2D eigenvalue weighted by atomic mass is 9.92. The second-order valence-corrected chi connectivity index (χ2v) is 8.77. The van der Waals surface area contributed by atoms with E-state index < -0.39 is 5.92 Å². The van der Waals surface area contributed by atoms with Crippen LogP contribution in [-0.2, 0) is 9.59 Å². The first-order valence-corrected chi connectivity index (χ1v) is 10.6. The first-order chi connectivity index (χ1) is 13.9. The summed E-state index contributed by atoms with van der Waals surface area (Å²) >= 11 is 1.67. The third kappa shape index (κ3) is 5.00. The van der Waals surface area contributed by atoms with E-state index in [9.17, 15) is 9.59 Å². The standard InChI is InChI=1S/C23H28N2O3S/c1-16(26)15-19-22(17-9-11-18(28-4)12-10-17)29-21-8-6-5-7-20(21)25(23(19)27)14-13-24(2)3/h5-12,19,22H,13-15H2,1-4H3/t19-,22+/m0/s1. The zero-order chi connectivity index (χ0) is 21.0. The zero-order valence-electron chi connectivity index (χ0n) is 17.4. The predicted molar refractivity (Wildman–Crippen MR) is 118 cm³/mol. The quantitative estimate of drug-likeness (QED) is 0.687. The fourth-order valence-electron chi connectivity index (χ4n) is 3.58. The molecule has 0 saturated heterocycles. The summed E-state index contributed by atoms with van der Waals surface area (Å²) in [5, 5.41) is -0.136. The van der Waals surface area contributed by atoms with Gasteiger partial charge in [0.2, 0.25) is 5.91 Å². The van der Waals surface area contributed by atoms with Gasteiger partial charge in [0.1, 0.15) is 11.5 Å². The molecule has 0 bridgehead atoms. The fraction of sp³-hybridized carbons (Fsp3) is 0.391. The summed E-state index contributed by atoms with van der Waals surface area (Å²) < 4.78 is 5.28. The molecule has 3 rings (SSSR count). The van der Waals surface area contributed by atoms with Crippen LogP contribution in [0.15, 0.2) is 53.4 Å². The second-order valence-electron chi connectivity index (χ2n) is 7.59. The summed E-state index contributed by atoms with van der Waals surface area (Å²) in [5.74, 6) is 0.400. The predicted octanol–water partition coefficient (Wildman–Crippen LogP) is 4.03. The maximum absolute atomic E-state index is 13.7. The Labute approximate surface area is 177 Å². The van der Waals surface area contributed by atoms with Gasteiger partial charge < -0.3 is 19.3 Å². The molecule has 1 amide bonds. The highest BCUT2D eigenvalue weighted by atomic mass is 32.2. The van der Waals surface area contributed by atoms with Crippen molar-refractivity contribution in [2.24, 2.45) is 5.92 Å². The van der Waals surface area contributed by atoms with Gasteiger partial charge in [0, 0.05) is 29.7 Å². The van der Waals surface area contributed by atoms with Gasteiger partial charge in [0.15, 0.2) is 0 Å². The minimum atomic E-state index is -0.416. The molecule has 0 aromatic heterocycles. The number of methoxy groups -OCH3 is 1. The third-order valence-electron chi connectivity index (χ3n) is 5.08. The fourth-order valence-corrected chi connectivity index (χ4v) is 4.98. The highest BCUT2D eigenvalue weighted by Gasteiger charge is 2.38. The van der Waals surface area contributed by atoms with E-state index in [4.69, 9.17) is 4.74 Å². The molecule has 0 fully saturated rings. The molecular formula is C23H28N2O3S. The van der Waals surface area contributed by atoms with E-state index in [0.717, 1.165) is 28.4 Å². The molecule has 1 aliphatic rings. The second kappa shape index (κ2) is 9.46. The number of Topliss-reactive ketones (excluding diaryl/α,β-unsaturated/α-hetero) is 1. The van der Waals surface area contributed by atoms with E-state index in [1.165, 1.54) is 0 Å². The highest BCUT2D eigenvalue weighted by Crippen LogP contribution is 2.49. The molecule has 0 unspecified atom stereocenters. The average Bonchev–Trinajstić information content (AvgIpc) is 2.81. The van der Waals surface area contributed by atoms with Crippen LogP contribution in [0.3, 0.4) is 0 Å². The summed E-state index contributed by atoms with van der Waals surface area (Å²) in [6, 6.07) is 15.8. The molecule has 1 aliphatic heterocycles. The van der Waals surface area contributed by atoms with Crippen molar-refractivity contribution >= 4 is 29.1 Å². The number of anilines is 1. The largest absolute Gasteiger partial charge is 0.497 e. The molecule has 154 valence electrons. The first kappa shape index (κ1) is 21.4. The molecule has 29 heavy (non-hydrogen) atoms. The molecular weight excluding hydrogens is 384 g/mol. The molecule has 0 aliphatic carbocycles. The van der Waals surface area contributed by atoms with Crippen molar-refractivity contribution in [2.45, 2.75) is 23.5 Å². The van der Waals surface area contributed by atoms with Crippen molar-refractivity contribution in [1.29, 1.82) is 0 Å². The molecule has 0 saturated carbocycles. The van der Waals surface area contributed by atoms with Gasteiger partial charge >= 0.3 is 0 Å². The molecule has 0 N–H and O–H groups in total. The van der Waals surface area contributed by atoms with E-state index in [-0.39, 0.29) is 23.4 Å². The van der Waals surface area contributed by atoms with Crippen LogP contribution in [0.25, 0.3) is 0 Å². The maximum Gasteiger partial charge on any atom is 0.232 e. The Morgan fingerprint density at radius 3 is 2.45 bits per heavy atom. The topological polar surface area (TPSA) is 49.9 Å². The molecule has 1 heterocycles. The van der Waals surface area contributed by atoms with Gasteiger partial charge in [-0.3, -0.25) is 4.79 Å². The third-order valence-corrected chi connectivity index (χ3v) is 6.53. The number of hydrogen-bond acceptors (Lipinski definition) is 5. The summed E-state index contributed by atoms with van der Waals surface area (Å²) in [6.07, 6.45) is 0.231. The lowest BCUT2D eigenvalue weighted by molar-refractivity contribution is -0.127. The Balaban J connectivity index is 2.06. The molecule has 0 spiro atoms. The van der Waals surface area contributed by atoms with Gasteiger partial charge in [-0.25, -0.2) is 0 Å². The number of amides is 1. The number of likely N-dealkylation sites (N-methyl/N-ethyl adjacent to an activating group) is 1. The number of carbonyl (C=O) groups excluding carboxylic acids is 2. The van der Waals surface area contributed by atoms with Crippen LogP contribution >= 0.6 is 11.8 Å². The van der Waals surface area contributed by atoms with Crippen LogP contribution < -0.4 is 9.64 Å². The van der Waals surface area contributed by atoms with Crippen LogP contribution in [0.2, 0.25) is 0 Å². The van der Waals surface area contributed by atoms with Crippen molar-refractivity contribution in [3.8, 4) is 5.75 Å². The Morgan fingerprint density at radius 1 is 1.14 bits per heavy atom. The molecule has 0 radical (unpaired) electrons. The molecule has 2 aromatic rings. The van der Waals surface area contributed by atoms with Crippen molar-refractivity contribution in [1.82, 2.24) is 4.90 Å². The van der Waals surface area contributed by atoms with Gasteiger partial charge in [-0.1, -0.05) is 24.3 Å². The Morgan fingerprint density at radius 2 is 1.83 bits per heavy atom. The van der Waals surface area contributed by atoms with E-state index >= 15 is 0 Å². The summed E-state index contributed by atoms with van der Waals surface area (Å²) in [6.45, 7) is 2.91. The SMILES string of the molecule is COc1ccc([C@H]2Sc3ccccc3N(CCN(C)C)C(=O)[C@H]2CC(C)=O)cc1. The minimum Gasteiger partial charge on any atom is -0.497 e. The van der Waals surface area contributed by atoms with Crippen molar-refractivity contribution in [3.05, 3.63) is 54.1 Å². The zero-order valence-corrected chi connectivity index (χ0v) is 18.2. The van der Waals surface area contributed by atoms with E-state index in [1.54, 1.807) is 25.8 Å². The van der Waals surface area contributed by atoms with E-state index in [2.05, 4.69) is 11.0 Å². The van der Waals surface area contributed by atoms with Crippen LogP contribution in [0.1, 0.15) is 24.2 Å². The monoisotopic (exact) mass is 412 g/mol. The average molecular weight is 413 g/mol. The summed E-state index contributed by atoms with van der Waals surface area (Å²) in [4.78, 5) is 30.8. The van der Waals surface area contributed by atoms with Gasteiger partial charge in [0.05, 0.1) is 18.7 Å². The first-order valence-electron chi connectivity index (χ1n) is 9.76. The Hall–Kier alpha value is -2.31. The number of benzene rings is 2. The number of nitrogens with zero attached hydrogens (tertiary/aromatic N) is 2. The smallest absolute Gasteiger partial charge is 0.232 e. The van der Waals surface area contributed by atoms with Crippen LogP contribution in [-0.4, -0.2) is 50.9 Å². The lowest BCUT2D eigenvalue weighted by Gasteiger charge is -2.28. The van der Waals surface area contributed by atoms with Gasteiger partial charge in [-0.05, 0) is 50.8 Å². The van der Waals surface area contributed by atoms with Crippen molar-refractivity contribution in [3.63, 3.8) is 0 Å². The molecule has 2 aromatic carbocycles. The number of ketones is 1. The number of hydrogen-bond donors (Lipinski definition) is 0. The normalized spacial score (nSPS) is 19.1. The molecule has 6 heteroatoms. The highest BCUT2D eigenvalue weighted by molar-refractivity contribution is 7.99. The number of para-hydroxylation sites is 1. The van der Waals surface area contributed by atoms with Gasteiger partial charge in [-0.2, -0.15) is 0 Å². The van der Waals surface area contributed by atoms with Crippen LogP contribution in [0, 0.1) is 5.92 Å². The van der Waals surface area contributed by atoms with Gasteiger partial charge in [0.25, 0.3) is 0 Å². The lowest BCUT2D eigenvalue weighted by Crippen LogP contribution is -2.41. The van der Waals surface area contributed by atoms with E-state index in [1.807, 2.05) is 61.5 Å². The number of carbonyl (C=O) groups is 2. The number of ether oxygens (including phenoxy) is 1. The number of fused-ring (bicyclic) bond motifs is 1. The molecule has 2 atom stereocenters. The summed E-state index contributed by atoms with van der Waals surface area (Å²) in [5.41, 5.74) is 1.95. The number of rotatable bonds is 7. The number of thioether (sulfide) groups is 1. The summed E-state index contributed by atoms with van der Waals surface area (Å²) in [7, 11) is 5.63. The maximum atomic E-state index is 13.7. The minimum absolute atomic E-state index is 0.0142. The van der Waals surface area contributed by atoms with Gasteiger partial charge in [-0.15, -0.1) is 11.8 Å².